The summed E-state index contributed by atoms with van der Waals surface area (Å²) in [6.07, 6.45) is 1.25. The fraction of sp³-hybridized carbons (Fsp3) is 0.273. The molecular formula is C11H16O2Y-2. The first-order valence-electron chi connectivity index (χ1n) is 3.91. The Hall–Kier alpha value is -0.206. The fourth-order valence-corrected chi connectivity index (χ4v) is 0.526. The zero-order valence-electron chi connectivity index (χ0n) is 8.95. The van der Waals surface area contributed by atoms with E-state index in [4.69, 9.17) is 5.11 Å². The molecule has 2 nitrogen and oxygen atoms in total. The van der Waals surface area contributed by atoms with Crippen molar-refractivity contribution in [2.45, 2.75) is 20.3 Å². The number of hydrogen-bond donors (Lipinski definition) is 1. The third-order valence-corrected chi connectivity index (χ3v) is 0.954. The van der Waals surface area contributed by atoms with Crippen molar-refractivity contribution >= 4 is 5.97 Å². The normalized spacial score (nSPS) is 7.00. The van der Waals surface area contributed by atoms with Gasteiger partial charge in [-0.2, -0.15) is 30.3 Å². The minimum Gasteiger partial charge on any atom is -0.487 e. The Kier molecular flexibility index (Phi) is 17.7. The molecule has 0 aliphatic rings. The van der Waals surface area contributed by atoms with Gasteiger partial charge in [-0.15, -0.1) is 0 Å². The van der Waals surface area contributed by atoms with Crippen LogP contribution < -0.4 is 0 Å². The molecule has 77 valence electrons. The molecule has 0 amide bonds. The summed E-state index contributed by atoms with van der Waals surface area (Å²) in [5.74, 6) is -0.910. The van der Waals surface area contributed by atoms with E-state index < -0.39 is 5.97 Å². The molecule has 1 N–H and O–H groups in total. The van der Waals surface area contributed by atoms with Gasteiger partial charge in [-0.05, 0) is 0 Å². The Bertz CT molecular complexity index is 222. The van der Waals surface area contributed by atoms with E-state index in [-0.39, 0.29) is 45.7 Å². The second-order valence-electron chi connectivity index (χ2n) is 2.30. The van der Waals surface area contributed by atoms with E-state index in [1.807, 2.05) is 0 Å². The molecule has 0 saturated carbocycles. The number of carboxylic acids is 1. The maximum Gasteiger partial charge on any atom is 0.278 e. The Morgan fingerprint density at radius 3 is 2.21 bits per heavy atom. The van der Waals surface area contributed by atoms with Crippen molar-refractivity contribution < 1.29 is 42.6 Å². The molecule has 1 aromatic carbocycles. The van der Waals surface area contributed by atoms with Crippen molar-refractivity contribution in [3.63, 3.8) is 0 Å². The van der Waals surface area contributed by atoms with Gasteiger partial charge in [-0.3, -0.25) is 4.79 Å². The third-order valence-electron chi connectivity index (χ3n) is 0.954. The molecule has 14 heavy (non-hydrogen) atoms. The Balaban J connectivity index is -0.000000218. The average Bonchev–Trinajstić information content (AvgIpc) is 2.07. The molecule has 0 bridgehead atoms. The largest absolute Gasteiger partial charge is 0.487 e. The maximum atomic E-state index is 10.2. The standard InChI is InChI=1S/C7H5O2.C3H8.CH3.Y/c8-7(9)6-4-2-1-3-5-6;1-3-2;;/h1-2,4-5H,(H,8,9);3H2,1-2H3;1H3;/q-1;;-1;. The van der Waals surface area contributed by atoms with Crippen molar-refractivity contribution in [2.75, 3.05) is 0 Å². The van der Waals surface area contributed by atoms with Crippen molar-refractivity contribution in [3.05, 3.63) is 43.3 Å². The number of rotatable bonds is 1. The van der Waals surface area contributed by atoms with Crippen LogP contribution in [0, 0.1) is 13.5 Å². The zero-order chi connectivity index (χ0) is 9.40. The van der Waals surface area contributed by atoms with Gasteiger partial charge in [0.2, 0.25) is 0 Å². The van der Waals surface area contributed by atoms with Crippen LogP contribution in [-0.2, 0) is 32.7 Å². The van der Waals surface area contributed by atoms with Crippen LogP contribution in [-0.4, -0.2) is 11.1 Å². The van der Waals surface area contributed by atoms with E-state index in [0.717, 1.165) is 0 Å². The Labute approximate surface area is 112 Å². The van der Waals surface area contributed by atoms with Gasteiger partial charge < -0.3 is 12.5 Å². The van der Waals surface area contributed by atoms with Crippen LogP contribution in [0.4, 0.5) is 0 Å². The second-order valence-corrected chi connectivity index (χ2v) is 2.30. The van der Waals surface area contributed by atoms with Gasteiger partial charge in [0.25, 0.3) is 5.97 Å². The molecule has 0 aliphatic heterocycles. The van der Waals surface area contributed by atoms with Crippen LogP contribution >= 0.6 is 0 Å². The SMILES string of the molecule is CCC.O=C(O)c1c[c-]ccc1.[CH3-].[Y]. The number of benzene rings is 1. The predicted molar refractivity (Wildman–Crippen MR) is 54.6 cm³/mol. The first kappa shape index (κ1) is 19.4. The number of aromatic carboxylic acids is 1. The van der Waals surface area contributed by atoms with E-state index >= 15 is 0 Å². The molecule has 0 fully saturated rings. The number of carboxylic acid groups (broad SMARTS) is 1. The van der Waals surface area contributed by atoms with Crippen molar-refractivity contribution in [2.24, 2.45) is 0 Å². The van der Waals surface area contributed by atoms with Crippen LogP contribution in [0.15, 0.2) is 24.3 Å². The molecule has 0 aromatic heterocycles. The monoisotopic (exact) mass is 269 g/mol. The Morgan fingerprint density at radius 1 is 1.50 bits per heavy atom. The number of hydrogen-bond acceptors (Lipinski definition) is 1. The van der Waals surface area contributed by atoms with Gasteiger partial charge in [0.15, 0.2) is 0 Å². The second kappa shape index (κ2) is 12.8. The average molecular weight is 269 g/mol. The maximum absolute atomic E-state index is 10.2. The van der Waals surface area contributed by atoms with Gasteiger partial charge in [0, 0.05) is 32.7 Å². The van der Waals surface area contributed by atoms with E-state index in [0.29, 0.717) is 0 Å². The minimum absolute atomic E-state index is 0. The zero-order valence-corrected chi connectivity index (χ0v) is 11.8. The van der Waals surface area contributed by atoms with Crippen LogP contribution in [0.5, 0.6) is 0 Å². The van der Waals surface area contributed by atoms with Gasteiger partial charge in [0.05, 0.1) is 0 Å². The van der Waals surface area contributed by atoms with Crippen molar-refractivity contribution in [1.29, 1.82) is 0 Å². The first-order valence-corrected chi connectivity index (χ1v) is 3.91. The van der Waals surface area contributed by atoms with Gasteiger partial charge in [-0.1, -0.05) is 25.8 Å². The van der Waals surface area contributed by atoms with E-state index in [1.165, 1.54) is 18.6 Å². The molecule has 1 rings (SSSR count). The first-order chi connectivity index (χ1) is 5.72. The smallest absolute Gasteiger partial charge is 0.278 e. The molecule has 0 unspecified atom stereocenters. The van der Waals surface area contributed by atoms with E-state index in [1.54, 1.807) is 12.1 Å². The van der Waals surface area contributed by atoms with Crippen LogP contribution in [0.1, 0.15) is 30.6 Å². The third kappa shape index (κ3) is 9.88. The van der Waals surface area contributed by atoms with Crippen molar-refractivity contribution in [1.82, 2.24) is 0 Å². The van der Waals surface area contributed by atoms with Crippen LogP contribution in [0.2, 0.25) is 0 Å². The molecule has 0 aliphatic carbocycles. The molecule has 3 heteroatoms. The summed E-state index contributed by atoms with van der Waals surface area (Å²) in [4.78, 5) is 10.2. The van der Waals surface area contributed by atoms with Crippen molar-refractivity contribution in [3.8, 4) is 0 Å². The minimum atomic E-state index is -0.910. The predicted octanol–water partition coefficient (Wildman–Crippen LogP) is 3.05. The number of carbonyl (C=O) groups is 1. The van der Waals surface area contributed by atoms with Crippen LogP contribution in [0.3, 0.4) is 0 Å². The summed E-state index contributed by atoms with van der Waals surface area (Å²) in [6.45, 7) is 4.25. The molecule has 0 heterocycles. The van der Waals surface area contributed by atoms with Gasteiger partial charge in [0.1, 0.15) is 0 Å². The quantitative estimate of drug-likeness (QED) is 0.795. The summed E-state index contributed by atoms with van der Waals surface area (Å²) in [5, 5.41) is 8.36. The molecule has 0 saturated heterocycles. The summed E-state index contributed by atoms with van der Waals surface area (Å²) < 4.78 is 0. The fourth-order valence-electron chi connectivity index (χ4n) is 0.526. The summed E-state index contributed by atoms with van der Waals surface area (Å²) in [7, 11) is 0. The van der Waals surface area contributed by atoms with E-state index in [2.05, 4.69) is 19.9 Å². The van der Waals surface area contributed by atoms with E-state index in [9.17, 15) is 4.79 Å². The Morgan fingerprint density at radius 2 is 2.00 bits per heavy atom. The molecule has 1 radical (unpaired) electrons. The van der Waals surface area contributed by atoms with Gasteiger partial charge in [-0.25, -0.2) is 0 Å². The summed E-state index contributed by atoms with van der Waals surface area (Å²) >= 11 is 0. The van der Waals surface area contributed by atoms with Crippen LogP contribution in [0.25, 0.3) is 0 Å². The van der Waals surface area contributed by atoms with Gasteiger partial charge >= 0.3 is 0 Å². The molecular weight excluding hydrogens is 253 g/mol. The summed E-state index contributed by atoms with van der Waals surface area (Å²) in [5.41, 5.74) is 0.275. The molecule has 1 aromatic rings. The molecule has 0 atom stereocenters. The topological polar surface area (TPSA) is 37.3 Å². The summed E-state index contributed by atoms with van der Waals surface area (Å²) in [6, 6.07) is 8.92. The molecule has 0 spiro atoms.